The zero-order valence-electron chi connectivity index (χ0n) is 10.8. The number of carbonyl (C=O) groups is 2. The van der Waals surface area contributed by atoms with E-state index in [2.05, 4.69) is 34.8 Å². The van der Waals surface area contributed by atoms with E-state index in [1.165, 1.54) is 0 Å². The molecule has 2 aliphatic rings. The molecule has 0 amide bonds. The SMILES string of the molecule is CC1(CCC2(I)CC(C(=O)O)CC=C2C(=O)O)CN1. The van der Waals surface area contributed by atoms with Crippen molar-refractivity contribution in [3.8, 4) is 0 Å². The second-order valence-corrected chi connectivity index (χ2v) is 7.84. The van der Waals surface area contributed by atoms with E-state index in [1.54, 1.807) is 6.08 Å². The van der Waals surface area contributed by atoms with Crippen molar-refractivity contribution in [1.82, 2.24) is 5.32 Å². The Morgan fingerprint density at radius 2 is 2.11 bits per heavy atom. The van der Waals surface area contributed by atoms with Crippen LogP contribution in [0.25, 0.3) is 0 Å². The minimum atomic E-state index is -0.924. The number of halogens is 1. The van der Waals surface area contributed by atoms with Gasteiger partial charge in [0.15, 0.2) is 0 Å². The molecular formula is C13H18INO4. The van der Waals surface area contributed by atoms with E-state index >= 15 is 0 Å². The molecule has 5 nitrogen and oxygen atoms in total. The lowest BCUT2D eigenvalue weighted by atomic mass is 9.77. The fourth-order valence-electron chi connectivity index (χ4n) is 2.53. The molecular weight excluding hydrogens is 361 g/mol. The third-order valence-corrected chi connectivity index (χ3v) is 5.65. The normalized spacial score (nSPS) is 37.6. The van der Waals surface area contributed by atoms with E-state index in [0.717, 1.165) is 13.0 Å². The average molecular weight is 379 g/mol. The summed E-state index contributed by atoms with van der Waals surface area (Å²) in [5.74, 6) is -2.23. The predicted molar refractivity (Wildman–Crippen MR) is 78.5 cm³/mol. The lowest BCUT2D eigenvalue weighted by Crippen LogP contribution is -2.37. The fourth-order valence-corrected chi connectivity index (χ4v) is 3.78. The summed E-state index contributed by atoms with van der Waals surface area (Å²) in [6, 6.07) is 0. The smallest absolute Gasteiger partial charge is 0.332 e. The molecule has 0 aromatic rings. The van der Waals surface area contributed by atoms with Gasteiger partial charge in [-0.2, -0.15) is 0 Å². The van der Waals surface area contributed by atoms with Gasteiger partial charge in [0, 0.05) is 17.7 Å². The van der Waals surface area contributed by atoms with Gasteiger partial charge in [0.25, 0.3) is 0 Å². The van der Waals surface area contributed by atoms with Crippen molar-refractivity contribution < 1.29 is 19.8 Å². The lowest BCUT2D eigenvalue weighted by Gasteiger charge is -2.35. The molecule has 3 atom stereocenters. The van der Waals surface area contributed by atoms with Gasteiger partial charge in [-0.05, 0) is 32.6 Å². The Morgan fingerprint density at radius 1 is 1.47 bits per heavy atom. The zero-order valence-corrected chi connectivity index (χ0v) is 12.9. The van der Waals surface area contributed by atoms with Crippen LogP contribution < -0.4 is 5.32 Å². The molecule has 3 N–H and O–H groups in total. The van der Waals surface area contributed by atoms with Crippen LogP contribution in [0.3, 0.4) is 0 Å². The van der Waals surface area contributed by atoms with Gasteiger partial charge < -0.3 is 15.5 Å². The van der Waals surface area contributed by atoms with Gasteiger partial charge in [0.2, 0.25) is 0 Å². The van der Waals surface area contributed by atoms with E-state index in [9.17, 15) is 14.7 Å². The number of nitrogens with one attached hydrogen (secondary N) is 1. The number of rotatable bonds is 5. The molecule has 0 aromatic heterocycles. The topological polar surface area (TPSA) is 96.5 Å². The summed E-state index contributed by atoms with van der Waals surface area (Å²) in [7, 11) is 0. The second kappa shape index (κ2) is 5.05. The molecule has 0 radical (unpaired) electrons. The van der Waals surface area contributed by atoms with Gasteiger partial charge in [0.1, 0.15) is 0 Å². The highest BCUT2D eigenvalue weighted by molar-refractivity contribution is 14.1. The number of hydrogen-bond acceptors (Lipinski definition) is 3. The van der Waals surface area contributed by atoms with Crippen molar-refractivity contribution >= 4 is 34.5 Å². The van der Waals surface area contributed by atoms with Crippen molar-refractivity contribution in [3.63, 3.8) is 0 Å². The Hall–Kier alpha value is -0.630. The summed E-state index contributed by atoms with van der Waals surface area (Å²) < 4.78 is -0.571. The second-order valence-electron chi connectivity index (χ2n) is 5.78. The van der Waals surface area contributed by atoms with Gasteiger partial charge in [-0.1, -0.05) is 28.7 Å². The highest BCUT2D eigenvalue weighted by Crippen LogP contribution is 2.45. The van der Waals surface area contributed by atoms with E-state index in [0.29, 0.717) is 24.8 Å². The van der Waals surface area contributed by atoms with Gasteiger partial charge in [-0.3, -0.25) is 4.79 Å². The Morgan fingerprint density at radius 3 is 2.58 bits per heavy atom. The van der Waals surface area contributed by atoms with Gasteiger partial charge in [-0.15, -0.1) is 0 Å². The van der Waals surface area contributed by atoms with E-state index < -0.39 is 21.3 Å². The molecule has 106 valence electrons. The molecule has 3 unspecified atom stereocenters. The van der Waals surface area contributed by atoms with Crippen LogP contribution in [0.5, 0.6) is 0 Å². The monoisotopic (exact) mass is 379 g/mol. The third kappa shape index (κ3) is 3.28. The summed E-state index contributed by atoms with van der Waals surface area (Å²) in [4.78, 5) is 22.5. The van der Waals surface area contributed by atoms with Crippen LogP contribution in [0, 0.1) is 5.92 Å². The number of carboxylic acids is 2. The van der Waals surface area contributed by atoms with E-state index in [1.807, 2.05) is 0 Å². The van der Waals surface area contributed by atoms with Gasteiger partial charge in [-0.25, -0.2) is 4.79 Å². The average Bonchev–Trinajstić information content (AvgIpc) is 3.05. The maximum atomic E-state index is 11.4. The largest absolute Gasteiger partial charge is 0.481 e. The first-order valence-electron chi connectivity index (χ1n) is 6.36. The van der Waals surface area contributed by atoms with Gasteiger partial charge in [0.05, 0.1) is 9.34 Å². The maximum absolute atomic E-state index is 11.4. The Kier molecular flexibility index (Phi) is 3.92. The molecule has 0 saturated carbocycles. The van der Waals surface area contributed by atoms with Crippen LogP contribution in [0.2, 0.25) is 0 Å². The Labute approximate surface area is 125 Å². The summed E-state index contributed by atoms with van der Waals surface area (Å²) in [6.45, 7) is 3.06. The summed E-state index contributed by atoms with van der Waals surface area (Å²) in [5.41, 5.74) is 0.479. The van der Waals surface area contributed by atoms with Crippen LogP contribution in [0.4, 0.5) is 0 Å². The van der Waals surface area contributed by atoms with E-state index in [4.69, 9.17) is 5.11 Å². The standard InChI is InChI=1S/C13H18INO4/c1-12(7-15-12)4-5-13(14)6-8(10(16)17)2-3-9(13)11(18)19/h3,8,15H,2,4-7H2,1H3,(H,16,17)(H,18,19). The van der Waals surface area contributed by atoms with E-state index in [-0.39, 0.29) is 5.54 Å². The highest BCUT2D eigenvalue weighted by atomic mass is 127. The van der Waals surface area contributed by atoms with Crippen LogP contribution in [-0.4, -0.2) is 37.7 Å². The molecule has 0 aromatic carbocycles. The van der Waals surface area contributed by atoms with Gasteiger partial charge >= 0.3 is 11.9 Å². The van der Waals surface area contributed by atoms with Crippen LogP contribution in [-0.2, 0) is 9.59 Å². The first-order valence-corrected chi connectivity index (χ1v) is 7.44. The molecule has 19 heavy (non-hydrogen) atoms. The minimum Gasteiger partial charge on any atom is -0.481 e. The van der Waals surface area contributed by atoms with Crippen molar-refractivity contribution in [1.29, 1.82) is 0 Å². The molecule has 0 spiro atoms. The quantitative estimate of drug-likeness (QED) is 0.385. The van der Waals surface area contributed by atoms with Crippen LogP contribution in [0.1, 0.15) is 32.6 Å². The first-order chi connectivity index (χ1) is 8.76. The van der Waals surface area contributed by atoms with Crippen molar-refractivity contribution in [2.24, 2.45) is 5.92 Å². The lowest BCUT2D eigenvalue weighted by molar-refractivity contribution is -0.143. The number of hydrogen-bond donors (Lipinski definition) is 3. The molecule has 2 rings (SSSR count). The number of allylic oxidation sites excluding steroid dienone is 1. The molecule has 1 heterocycles. The molecule has 6 heteroatoms. The first kappa shape index (κ1) is 14.8. The summed E-state index contributed by atoms with van der Waals surface area (Å²) in [6.07, 6.45) is 3.87. The summed E-state index contributed by atoms with van der Waals surface area (Å²) >= 11 is 2.14. The highest BCUT2D eigenvalue weighted by Gasteiger charge is 2.45. The Balaban J connectivity index is 2.15. The molecule has 0 bridgehead atoms. The van der Waals surface area contributed by atoms with Crippen LogP contribution >= 0.6 is 22.6 Å². The van der Waals surface area contributed by atoms with Crippen molar-refractivity contribution in [2.75, 3.05) is 6.54 Å². The van der Waals surface area contributed by atoms with Crippen molar-refractivity contribution in [2.45, 2.75) is 41.6 Å². The predicted octanol–water partition coefficient (Wildman–Crippen LogP) is 1.81. The molecule has 1 aliphatic carbocycles. The zero-order chi connectivity index (χ0) is 14.3. The number of alkyl halides is 1. The molecule has 1 aliphatic heterocycles. The van der Waals surface area contributed by atoms with Crippen LogP contribution in [0.15, 0.2) is 11.6 Å². The minimum absolute atomic E-state index is 0.109. The number of carboxylic acid groups (broad SMARTS) is 2. The third-order valence-electron chi connectivity index (χ3n) is 4.09. The molecule has 1 fully saturated rings. The fraction of sp³-hybridized carbons (Fsp3) is 0.692. The maximum Gasteiger partial charge on any atom is 0.332 e. The van der Waals surface area contributed by atoms with Crippen molar-refractivity contribution in [3.05, 3.63) is 11.6 Å². The summed E-state index contributed by atoms with van der Waals surface area (Å²) in [5, 5.41) is 21.7. The molecule has 1 saturated heterocycles. The Bertz CT molecular complexity index is 444. The number of aliphatic carboxylic acids is 2.